The van der Waals surface area contributed by atoms with E-state index in [1.54, 1.807) is 12.1 Å². The number of methoxy groups -OCH3 is 1. The monoisotopic (exact) mass is 757 g/mol. The van der Waals surface area contributed by atoms with Crippen molar-refractivity contribution in [2.24, 2.45) is 16.5 Å². The molecule has 0 unspecified atom stereocenters. The molecule has 1 spiro atoms. The summed E-state index contributed by atoms with van der Waals surface area (Å²) in [4.78, 5) is 76.0. The lowest BCUT2D eigenvalue weighted by Crippen LogP contribution is -2.59. The molecule has 53 heavy (non-hydrogen) atoms. The van der Waals surface area contributed by atoms with Crippen LogP contribution in [0.15, 0.2) is 17.3 Å². The number of ether oxygens (including phenoxy) is 2. The van der Waals surface area contributed by atoms with Gasteiger partial charge in [-0.25, -0.2) is 0 Å². The molecule has 2 aliphatic heterocycles. The zero-order valence-corrected chi connectivity index (χ0v) is 32.7. The van der Waals surface area contributed by atoms with E-state index in [-0.39, 0.29) is 43.7 Å². The van der Waals surface area contributed by atoms with E-state index in [1.807, 2.05) is 34.6 Å². The number of hydrogen-bond acceptors (Lipinski definition) is 9. The van der Waals surface area contributed by atoms with Crippen molar-refractivity contribution in [3.05, 3.63) is 22.7 Å². The Morgan fingerprint density at radius 2 is 1.75 bits per heavy atom. The van der Waals surface area contributed by atoms with Crippen LogP contribution in [0.2, 0.25) is 5.02 Å². The molecule has 13 nitrogen and oxygen atoms in total. The highest BCUT2D eigenvalue weighted by Crippen LogP contribution is 2.43. The van der Waals surface area contributed by atoms with Gasteiger partial charge in [0.05, 0.1) is 37.0 Å². The fourth-order valence-corrected chi connectivity index (χ4v) is 7.84. The lowest BCUT2D eigenvalue weighted by Gasteiger charge is -2.36. The third-order valence-electron chi connectivity index (χ3n) is 10.7. The smallest absolute Gasteiger partial charge is 0.289 e. The summed E-state index contributed by atoms with van der Waals surface area (Å²) >= 11 is 6.56. The molecule has 14 heteroatoms. The summed E-state index contributed by atoms with van der Waals surface area (Å²) in [5, 5.41) is 13.3. The second-order valence-corrected chi connectivity index (χ2v) is 16.5. The molecule has 3 fully saturated rings. The minimum absolute atomic E-state index is 0.0103. The van der Waals surface area contributed by atoms with Crippen molar-refractivity contribution in [3.63, 3.8) is 0 Å². The zero-order chi connectivity index (χ0) is 38.5. The Morgan fingerprint density at radius 1 is 1.04 bits per heavy atom. The van der Waals surface area contributed by atoms with Crippen molar-refractivity contribution >= 4 is 46.7 Å². The number of Topliss-reactive ketones (excluding diaryl/α,β-unsaturated/α-hetero) is 1. The molecule has 292 valence electrons. The standard InChI is InChI=1S/C39H56ClN5O8/c1-7-12-27(33(47)36(49)41-24-15-16-24)42-35(48)29-21-39(20-28(44-53-39)25-18-26(40)31(52-8-2)19-30(25)51-6)22-45(29)37(50)34(38(3,4)5)43-32(46)17-23-13-10-9-11-14-23/h18-19,23-24,27,29,34H,7-17,20-22H2,1-6H3,(H,41,49)(H,42,48)(H,43,46)/t27-,29-,34+,39+/m0/s1. The van der Waals surface area contributed by atoms with Gasteiger partial charge in [-0.05, 0) is 56.4 Å². The number of rotatable bonds is 15. The quantitative estimate of drug-likeness (QED) is 0.214. The Balaban J connectivity index is 1.42. The van der Waals surface area contributed by atoms with Crippen LogP contribution in [0.4, 0.5) is 0 Å². The van der Waals surface area contributed by atoms with Crippen LogP contribution in [0, 0.1) is 11.3 Å². The van der Waals surface area contributed by atoms with Crippen LogP contribution in [0.25, 0.3) is 0 Å². The summed E-state index contributed by atoms with van der Waals surface area (Å²) in [6.45, 7) is 9.74. The van der Waals surface area contributed by atoms with Crippen molar-refractivity contribution in [1.29, 1.82) is 0 Å². The third kappa shape index (κ3) is 9.82. The molecule has 2 saturated carbocycles. The van der Waals surface area contributed by atoms with E-state index in [2.05, 4.69) is 21.1 Å². The van der Waals surface area contributed by atoms with Crippen molar-refractivity contribution < 1.29 is 38.3 Å². The molecule has 1 aromatic carbocycles. The second-order valence-electron chi connectivity index (χ2n) is 16.1. The zero-order valence-electron chi connectivity index (χ0n) is 32.0. The lowest BCUT2D eigenvalue weighted by molar-refractivity contribution is -0.145. The largest absolute Gasteiger partial charge is 0.496 e. The molecule has 0 radical (unpaired) electrons. The molecule has 2 aliphatic carbocycles. The number of carbonyl (C=O) groups is 5. The van der Waals surface area contributed by atoms with Gasteiger partial charge in [0.25, 0.3) is 5.91 Å². The van der Waals surface area contributed by atoms with E-state index in [0.29, 0.717) is 47.2 Å². The van der Waals surface area contributed by atoms with Gasteiger partial charge < -0.3 is 35.2 Å². The summed E-state index contributed by atoms with van der Waals surface area (Å²) in [5.74, 6) is -1.46. The Labute approximate surface area is 317 Å². The Kier molecular flexibility index (Phi) is 13.0. The second kappa shape index (κ2) is 17.1. The van der Waals surface area contributed by atoms with Gasteiger partial charge in [0, 0.05) is 36.9 Å². The first-order valence-electron chi connectivity index (χ1n) is 19.2. The predicted molar refractivity (Wildman–Crippen MR) is 200 cm³/mol. The molecular formula is C39H56ClN5O8. The first-order chi connectivity index (χ1) is 25.2. The Bertz CT molecular complexity index is 1580. The molecule has 0 bridgehead atoms. The number of amides is 4. The maximum atomic E-state index is 14.7. The molecule has 1 saturated heterocycles. The minimum Gasteiger partial charge on any atom is -0.496 e. The number of oxime groups is 1. The van der Waals surface area contributed by atoms with Crippen LogP contribution in [-0.4, -0.2) is 90.1 Å². The van der Waals surface area contributed by atoms with Gasteiger partial charge in [-0.2, -0.15) is 0 Å². The summed E-state index contributed by atoms with van der Waals surface area (Å²) < 4.78 is 11.3. The van der Waals surface area contributed by atoms with Gasteiger partial charge in [-0.15, -0.1) is 0 Å². The number of ketones is 1. The van der Waals surface area contributed by atoms with Crippen LogP contribution >= 0.6 is 11.6 Å². The molecular weight excluding hydrogens is 702 g/mol. The van der Waals surface area contributed by atoms with Gasteiger partial charge in [0.15, 0.2) is 5.60 Å². The minimum atomic E-state index is -1.11. The van der Waals surface area contributed by atoms with Gasteiger partial charge in [0.2, 0.25) is 23.5 Å². The maximum Gasteiger partial charge on any atom is 0.289 e. The highest BCUT2D eigenvalue weighted by molar-refractivity contribution is 6.38. The molecule has 4 aliphatic rings. The highest BCUT2D eigenvalue weighted by atomic mass is 35.5. The van der Waals surface area contributed by atoms with Crippen LogP contribution in [-0.2, 0) is 28.8 Å². The molecule has 5 rings (SSSR count). The third-order valence-corrected chi connectivity index (χ3v) is 10.9. The van der Waals surface area contributed by atoms with Gasteiger partial charge in [0.1, 0.15) is 23.6 Å². The number of benzene rings is 1. The lowest BCUT2D eigenvalue weighted by atomic mass is 9.84. The predicted octanol–water partition coefficient (Wildman–Crippen LogP) is 4.85. The average Bonchev–Trinajstić information content (AvgIpc) is 3.71. The van der Waals surface area contributed by atoms with E-state index in [1.165, 1.54) is 18.4 Å². The first kappa shape index (κ1) is 40.3. The highest BCUT2D eigenvalue weighted by Gasteiger charge is 2.56. The summed E-state index contributed by atoms with van der Waals surface area (Å²) in [5.41, 5.74) is -0.710. The molecule has 0 aromatic heterocycles. The van der Waals surface area contributed by atoms with Crippen LogP contribution in [0.5, 0.6) is 11.5 Å². The van der Waals surface area contributed by atoms with Crippen LogP contribution in [0.1, 0.15) is 117 Å². The Hall–Kier alpha value is -3.87. The van der Waals surface area contributed by atoms with Crippen molar-refractivity contribution in [1.82, 2.24) is 20.9 Å². The van der Waals surface area contributed by atoms with Crippen LogP contribution < -0.4 is 25.4 Å². The SMILES string of the molecule is CCC[C@H](NC(=O)[C@@H]1C[C@]2(CC(c3cc(Cl)c(OCC)cc3OC)=NO2)CN1C(=O)[C@@H](NC(=O)CC1CCCCC1)C(C)(C)C)C(=O)C(=O)NC1CC1. The average molecular weight is 758 g/mol. The fourth-order valence-electron chi connectivity index (χ4n) is 7.62. The topological polar surface area (TPSA) is 165 Å². The Morgan fingerprint density at radius 3 is 2.38 bits per heavy atom. The summed E-state index contributed by atoms with van der Waals surface area (Å²) in [7, 11) is 1.53. The van der Waals surface area contributed by atoms with Crippen LogP contribution in [0.3, 0.4) is 0 Å². The van der Waals surface area contributed by atoms with E-state index in [9.17, 15) is 24.0 Å². The van der Waals surface area contributed by atoms with Gasteiger partial charge in [-0.1, -0.05) is 70.1 Å². The van der Waals surface area contributed by atoms with Gasteiger partial charge >= 0.3 is 0 Å². The number of hydrogen-bond donors (Lipinski definition) is 3. The fraction of sp³-hybridized carbons (Fsp3) is 0.692. The number of nitrogens with one attached hydrogen (secondary N) is 3. The van der Waals surface area contributed by atoms with Gasteiger partial charge in [-0.3, -0.25) is 24.0 Å². The normalized spacial score (nSPS) is 22.7. The molecule has 3 N–H and O–H groups in total. The first-order valence-corrected chi connectivity index (χ1v) is 19.6. The summed E-state index contributed by atoms with van der Waals surface area (Å²) in [6, 6.07) is 0.255. The summed E-state index contributed by atoms with van der Waals surface area (Å²) in [6.07, 6.45) is 8.35. The van der Waals surface area contributed by atoms with E-state index in [4.69, 9.17) is 25.9 Å². The number of nitrogens with zero attached hydrogens (tertiary/aromatic N) is 2. The number of halogens is 1. The molecule has 4 atom stereocenters. The van der Waals surface area contributed by atoms with Crippen molar-refractivity contribution in [2.75, 3.05) is 20.3 Å². The molecule has 4 amide bonds. The van der Waals surface area contributed by atoms with E-state index < -0.39 is 52.6 Å². The van der Waals surface area contributed by atoms with E-state index in [0.717, 1.165) is 38.5 Å². The van der Waals surface area contributed by atoms with Crippen molar-refractivity contribution in [3.8, 4) is 11.5 Å². The number of carbonyl (C=O) groups excluding carboxylic acids is 5. The molecule has 1 aromatic rings. The number of likely N-dealkylation sites (tertiary alicyclic amines) is 1. The molecule has 2 heterocycles. The maximum absolute atomic E-state index is 14.7. The van der Waals surface area contributed by atoms with Crippen molar-refractivity contribution in [2.45, 2.75) is 141 Å². The van der Waals surface area contributed by atoms with E-state index >= 15 is 0 Å².